The van der Waals surface area contributed by atoms with Gasteiger partial charge in [0.15, 0.2) is 5.82 Å². The Morgan fingerprint density at radius 3 is 2.51 bits per heavy atom. The van der Waals surface area contributed by atoms with Crippen molar-refractivity contribution >= 4 is 74.2 Å². The smallest absolute Gasteiger partial charge is 0.262 e. The van der Waals surface area contributed by atoms with E-state index in [1.165, 1.54) is 41.1 Å². The third kappa shape index (κ3) is 6.26. The van der Waals surface area contributed by atoms with Crippen molar-refractivity contribution in [3.8, 4) is 5.75 Å². The zero-order chi connectivity index (χ0) is 36.2. The highest BCUT2D eigenvalue weighted by molar-refractivity contribution is 8.24. The van der Waals surface area contributed by atoms with Gasteiger partial charge in [0.25, 0.3) is 17.7 Å². The summed E-state index contributed by atoms with van der Waals surface area (Å²) in [7, 11) is -3.86. The Kier molecular flexibility index (Phi) is 8.28. The normalized spacial score (nSPS) is 18.9. The number of imide groups is 2. The summed E-state index contributed by atoms with van der Waals surface area (Å²) in [6.07, 6.45) is 1.68. The quantitative estimate of drug-likeness (QED) is 0.122. The Balaban J connectivity index is 0.937. The van der Waals surface area contributed by atoms with Crippen LogP contribution in [0.15, 0.2) is 48.7 Å². The lowest BCUT2D eigenvalue weighted by Gasteiger charge is -2.36. The number of fused-ring (bicyclic) bond motifs is 2. The van der Waals surface area contributed by atoms with Crippen molar-refractivity contribution in [1.29, 1.82) is 0 Å². The number of piperidine rings is 1. The van der Waals surface area contributed by atoms with Crippen molar-refractivity contribution < 1.29 is 47.4 Å². The Labute approximate surface area is 288 Å². The monoisotopic (exact) mass is 721 g/mol. The van der Waals surface area contributed by atoms with Gasteiger partial charge in [-0.05, 0) is 65.2 Å². The molecule has 0 bridgehead atoms. The number of aromatic nitrogens is 3. The van der Waals surface area contributed by atoms with E-state index in [0.29, 0.717) is 21.4 Å². The van der Waals surface area contributed by atoms with Gasteiger partial charge in [-0.3, -0.25) is 52.8 Å². The van der Waals surface area contributed by atoms with Crippen molar-refractivity contribution in [2.24, 2.45) is 0 Å². The highest BCUT2D eigenvalue weighted by atomic mass is 32.3. The van der Waals surface area contributed by atoms with Crippen molar-refractivity contribution in [3.05, 3.63) is 71.3 Å². The standard InChI is InChI=1S/C31H28FN9O9S/c32-27-19-3-2-17(9-15(19)10-23(42)28(27)40-14-26(45)37-51(40,49)50)34-25(44)7-8-39-13-18(36-38-39)12-33-16-1-4-20-21(11-16)31(48)41(30(20)47)22-5-6-24(43)35-29(22)46/h1-4,9-11,13,22,33,42,49-50H,5-8,12,14H2,(H,34,44)(H,37,45)(H,35,43,46). The fraction of sp³-hybridized carbons (Fsp3) is 0.226. The van der Waals surface area contributed by atoms with Crippen LogP contribution < -0.4 is 25.0 Å². The molecule has 3 aliphatic heterocycles. The van der Waals surface area contributed by atoms with Crippen LogP contribution in [0, 0.1) is 5.82 Å². The second-order valence-corrected chi connectivity index (χ2v) is 13.6. The summed E-state index contributed by atoms with van der Waals surface area (Å²) in [5.41, 5.74) is 1.05. The van der Waals surface area contributed by atoms with Gasteiger partial charge in [-0.1, -0.05) is 5.21 Å². The van der Waals surface area contributed by atoms with Gasteiger partial charge in [0.1, 0.15) is 29.7 Å². The lowest BCUT2D eigenvalue weighted by Crippen LogP contribution is -2.54. The predicted octanol–water partition coefficient (Wildman–Crippen LogP) is 1.83. The number of hydrogen-bond donors (Lipinski definition) is 7. The Bertz CT molecular complexity index is 2190. The SMILES string of the molecule is O=C1CCC(N2C(=O)c3ccc(NCc4cn(CCC(=O)Nc5ccc6c(F)c(N7CC(=O)NS7(O)O)c(O)cc6c5)nn4)cc3C2=O)C(=O)N1. The maximum Gasteiger partial charge on any atom is 0.262 e. The maximum atomic E-state index is 15.4. The molecule has 0 radical (unpaired) electrons. The minimum atomic E-state index is -3.86. The number of aryl methyl sites for hydroxylation is 1. The first-order valence-corrected chi connectivity index (χ1v) is 16.9. The van der Waals surface area contributed by atoms with Gasteiger partial charge in [-0.25, -0.2) is 13.4 Å². The summed E-state index contributed by atoms with van der Waals surface area (Å²) in [4.78, 5) is 75.0. The molecule has 1 atom stereocenters. The van der Waals surface area contributed by atoms with E-state index in [1.54, 1.807) is 12.3 Å². The maximum absolute atomic E-state index is 15.4. The van der Waals surface area contributed by atoms with E-state index in [2.05, 4.69) is 26.3 Å². The minimum Gasteiger partial charge on any atom is -0.506 e. The minimum absolute atomic E-state index is 0.00766. The number of rotatable bonds is 9. The number of phenolic OH excluding ortho intramolecular Hbond substituents is 1. The summed E-state index contributed by atoms with van der Waals surface area (Å²) >= 11 is 0. The number of nitrogens with zero attached hydrogens (tertiary/aromatic N) is 5. The molecule has 0 spiro atoms. The molecule has 0 saturated carbocycles. The van der Waals surface area contributed by atoms with Crippen LogP contribution in [0.25, 0.3) is 10.8 Å². The predicted molar refractivity (Wildman–Crippen MR) is 178 cm³/mol. The molecular formula is C31H28FN9O9S. The number of aromatic hydroxyl groups is 1. The molecule has 2 saturated heterocycles. The van der Waals surface area contributed by atoms with E-state index < -0.39 is 76.2 Å². The summed E-state index contributed by atoms with van der Waals surface area (Å²) in [5.74, 6) is -5.14. The Morgan fingerprint density at radius 2 is 1.76 bits per heavy atom. The Hall–Kier alpha value is -6.12. The van der Waals surface area contributed by atoms with E-state index in [9.17, 15) is 43.0 Å². The molecule has 2 fully saturated rings. The Morgan fingerprint density at radius 1 is 1.00 bits per heavy atom. The van der Waals surface area contributed by atoms with Gasteiger partial charge in [-0.2, -0.15) is 0 Å². The number of nitrogens with one attached hydrogen (secondary N) is 4. The van der Waals surface area contributed by atoms with E-state index in [1.807, 2.05) is 4.72 Å². The highest BCUT2D eigenvalue weighted by Gasteiger charge is 2.44. The van der Waals surface area contributed by atoms with Crippen LogP contribution in [-0.2, 0) is 32.3 Å². The van der Waals surface area contributed by atoms with Crippen LogP contribution in [0.5, 0.6) is 5.75 Å². The summed E-state index contributed by atoms with van der Waals surface area (Å²) in [5, 5.41) is 26.8. The summed E-state index contributed by atoms with van der Waals surface area (Å²) < 4.78 is 39.7. The number of benzene rings is 3. The van der Waals surface area contributed by atoms with E-state index in [-0.39, 0.29) is 54.3 Å². The second-order valence-electron chi connectivity index (χ2n) is 11.9. The molecule has 51 heavy (non-hydrogen) atoms. The lowest BCUT2D eigenvalue weighted by atomic mass is 10.0. The van der Waals surface area contributed by atoms with Crippen molar-refractivity contribution in [2.75, 3.05) is 21.5 Å². The number of halogens is 1. The van der Waals surface area contributed by atoms with Crippen LogP contribution in [0.3, 0.4) is 0 Å². The van der Waals surface area contributed by atoms with Crippen LogP contribution in [0.2, 0.25) is 0 Å². The molecule has 4 heterocycles. The average Bonchev–Trinajstić information content (AvgIpc) is 3.72. The molecule has 7 rings (SSSR count). The molecule has 264 valence electrons. The third-order valence-corrected chi connectivity index (χ3v) is 9.90. The van der Waals surface area contributed by atoms with Crippen LogP contribution in [0.4, 0.5) is 21.5 Å². The van der Waals surface area contributed by atoms with Gasteiger partial charge in [0.05, 0.1) is 30.4 Å². The molecule has 1 aromatic heterocycles. The molecule has 0 aliphatic carbocycles. The molecule has 3 aliphatic rings. The van der Waals surface area contributed by atoms with Gasteiger partial charge in [0.2, 0.25) is 17.7 Å². The molecule has 3 aromatic carbocycles. The first-order valence-electron chi connectivity index (χ1n) is 15.4. The van der Waals surface area contributed by atoms with Crippen LogP contribution in [0.1, 0.15) is 45.7 Å². The number of carbonyl (C=O) groups excluding carboxylic acids is 6. The highest BCUT2D eigenvalue weighted by Crippen LogP contribution is 2.50. The van der Waals surface area contributed by atoms with Crippen LogP contribution >= 0.6 is 11.0 Å². The number of amides is 6. The molecule has 6 amide bonds. The number of hydrogen-bond acceptors (Lipinski definition) is 13. The molecule has 4 aromatic rings. The van der Waals surface area contributed by atoms with Gasteiger partial charge >= 0.3 is 0 Å². The van der Waals surface area contributed by atoms with Crippen molar-refractivity contribution in [2.45, 2.75) is 38.4 Å². The van der Waals surface area contributed by atoms with Gasteiger partial charge in [-0.15, -0.1) is 5.10 Å². The van der Waals surface area contributed by atoms with Crippen molar-refractivity contribution in [1.82, 2.24) is 29.9 Å². The van der Waals surface area contributed by atoms with E-state index >= 15 is 4.39 Å². The van der Waals surface area contributed by atoms with Crippen molar-refractivity contribution in [3.63, 3.8) is 0 Å². The third-order valence-electron chi connectivity index (χ3n) is 8.48. The number of anilines is 3. The second kappa shape index (κ2) is 12.6. The fourth-order valence-electron chi connectivity index (χ4n) is 6.06. The molecule has 7 N–H and O–H groups in total. The van der Waals surface area contributed by atoms with E-state index in [0.717, 1.165) is 4.90 Å². The van der Waals surface area contributed by atoms with Gasteiger partial charge in [0, 0.05) is 29.6 Å². The average molecular weight is 722 g/mol. The first-order chi connectivity index (χ1) is 24.3. The number of phenols is 1. The molecular weight excluding hydrogens is 693 g/mol. The molecule has 18 nitrogen and oxygen atoms in total. The first kappa shape index (κ1) is 33.4. The van der Waals surface area contributed by atoms with E-state index in [4.69, 9.17) is 0 Å². The fourth-order valence-corrected chi connectivity index (χ4v) is 7.27. The lowest BCUT2D eigenvalue weighted by molar-refractivity contribution is -0.136. The molecule has 20 heteroatoms. The van der Waals surface area contributed by atoms with Gasteiger partial charge < -0.3 is 15.7 Å². The largest absolute Gasteiger partial charge is 0.506 e. The van der Waals surface area contributed by atoms with Crippen LogP contribution in [-0.4, -0.2) is 82.1 Å². The zero-order valence-corrected chi connectivity index (χ0v) is 27.1. The summed E-state index contributed by atoms with van der Waals surface area (Å²) in [6.45, 7) is -0.216. The topological polar surface area (TPSA) is 248 Å². The summed E-state index contributed by atoms with van der Waals surface area (Å²) in [6, 6.07) is 8.92. The number of carbonyl (C=O) groups is 6. The zero-order valence-electron chi connectivity index (χ0n) is 26.3. The molecule has 1 unspecified atom stereocenters.